The van der Waals surface area contributed by atoms with Gasteiger partial charge in [0.2, 0.25) is 5.91 Å². The number of aryl methyl sites for hydroxylation is 1. The fourth-order valence-electron chi connectivity index (χ4n) is 2.60. The average molecular weight is 450 g/mol. The van der Waals surface area contributed by atoms with Crippen molar-refractivity contribution in [3.63, 3.8) is 0 Å². The lowest BCUT2D eigenvalue weighted by Crippen LogP contribution is -2.10. The number of nitrogens with one attached hydrogen (secondary N) is 2. The maximum Gasteiger partial charge on any atom is 0.248 e. The van der Waals surface area contributed by atoms with E-state index in [1.165, 1.54) is 18.5 Å². The molecule has 0 bridgehead atoms. The van der Waals surface area contributed by atoms with Crippen LogP contribution >= 0.6 is 27.5 Å². The zero-order valence-electron chi connectivity index (χ0n) is 14.3. The van der Waals surface area contributed by atoms with Crippen LogP contribution in [-0.4, -0.2) is 21.2 Å². The van der Waals surface area contributed by atoms with Crippen LogP contribution in [0.4, 0.5) is 21.6 Å². The number of anilines is 3. The molecule has 0 aliphatic carbocycles. The van der Waals surface area contributed by atoms with Gasteiger partial charge in [-0.3, -0.25) is 4.79 Å². The number of carbonyl (C=O) groups excluding carboxylic acids is 1. The van der Waals surface area contributed by atoms with Gasteiger partial charge >= 0.3 is 0 Å². The molecule has 1 amide bonds. The van der Waals surface area contributed by atoms with Gasteiger partial charge in [0.1, 0.15) is 12.1 Å². The molecule has 0 spiro atoms. The summed E-state index contributed by atoms with van der Waals surface area (Å²) >= 11 is 9.08. The van der Waals surface area contributed by atoms with E-state index in [0.717, 1.165) is 5.56 Å². The molecule has 8 heteroatoms. The molecule has 0 aliphatic rings. The molecule has 0 saturated carbocycles. The van der Waals surface area contributed by atoms with E-state index in [0.29, 0.717) is 27.7 Å². The third-order valence-electron chi connectivity index (χ3n) is 3.88. The maximum absolute atomic E-state index is 14.3. The SMILES string of the molecule is Cc1c(NC(=O)/C=C/CBr)ccc2ncnc(Nc3cccc(Cl)c3F)c12. The number of amides is 1. The first-order valence-electron chi connectivity index (χ1n) is 8.00. The van der Waals surface area contributed by atoms with Crippen LogP contribution in [0, 0.1) is 12.7 Å². The molecule has 2 aromatic carbocycles. The van der Waals surface area contributed by atoms with Gasteiger partial charge in [0.25, 0.3) is 0 Å². The monoisotopic (exact) mass is 448 g/mol. The van der Waals surface area contributed by atoms with Crippen molar-refractivity contribution >= 4 is 61.5 Å². The molecule has 0 atom stereocenters. The van der Waals surface area contributed by atoms with Gasteiger partial charge in [0.05, 0.1) is 16.2 Å². The number of hydrogen-bond acceptors (Lipinski definition) is 4. The second-order valence-electron chi connectivity index (χ2n) is 5.63. The normalized spacial score (nSPS) is 11.1. The predicted molar refractivity (Wildman–Crippen MR) is 111 cm³/mol. The standard InChI is InChI=1S/C19H15BrClFN4O/c1-11-13(25-16(27)6-3-9-20)7-8-14-17(11)19(24-10-23-14)26-15-5-2-4-12(21)18(15)22/h2-8,10H,9H2,1H3,(H,25,27)(H,23,24,26)/b6-3+. The Morgan fingerprint density at radius 2 is 2.07 bits per heavy atom. The highest BCUT2D eigenvalue weighted by atomic mass is 79.9. The summed E-state index contributed by atoms with van der Waals surface area (Å²) in [5.41, 5.74) is 2.26. The van der Waals surface area contributed by atoms with E-state index in [-0.39, 0.29) is 16.6 Å². The van der Waals surface area contributed by atoms with E-state index in [1.54, 1.807) is 30.3 Å². The van der Waals surface area contributed by atoms with Gasteiger partial charge in [0, 0.05) is 22.5 Å². The highest BCUT2D eigenvalue weighted by molar-refractivity contribution is 9.09. The summed E-state index contributed by atoms with van der Waals surface area (Å²) in [6.07, 6.45) is 4.54. The van der Waals surface area contributed by atoms with E-state index in [1.807, 2.05) is 6.92 Å². The zero-order chi connectivity index (χ0) is 19.4. The fourth-order valence-corrected chi connectivity index (χ4v) is 2.96. The minimum absolute atomic E-state index is 0.0154. The largest absolute Gasteiger partial charge is 0.337 e. The van der Waals surface area contributed by atoms with E-state index >= 15 is 0 Å². The Labute approximate surface area is 168 Å². The number of carbonyl (C=O) groups is 1. The lowest BCUT2D eigenvalue weighted by atomic mass is 10.1. The molecular formula is C19H15BrClFN4O. The third kappa shape index (κ3) is 4.26. The Morgan fingerprint density at radius 1 is 1.26 bits per heavy atom. The van der Waals surface area contributed by atoms with Gasteiger partial charge in [-0.15, -0.1) is 0 Å². The van der Waals surface area contributed by atoms with Crippen molar-refractivity contribution in [1.82, 2.24) is 9.97 Å². The summed E-state index contributed by atoms with van der Waals surface area (Å²) in [5, 5.41) is 7.07. The molecular weight excluding hydrogens is 435 g/mol. The maximum atomic E-state index is 14.3. The predicted octanol–water partition coefficient (Wildman–Crippen LogP) is 5.36. The third-order valence-corrected chi connectivity index (χ3v) is 4.55. The molecule has 138 valence electrons. The second kappa shape index (κ2) is 8.45. The first kappa shape index (κ1) is 19.3. The molecule has 1 heterocycles. The smallest absolute Gasteiger partial charge is 0.248 e. The van der Waals surface area contributed by atoms with Crippen molar-refractivity contribution in [2.24, 2.45) is 0 Å². The minimum Gasteiger partial charge on any atom is -0.337 e. The molecule has 0 saturated heterocycles. The van der Waals surface area contributed by atoms with E-state index in [9.17, 15) is 9.18 Å². The van der Waals surface area contributed by atoms with Crippen molar-refractivity contribution in [2.75, 3.05) is 16.0 Å². The number of alkyl halides is 1. The number of halogens is 3. The van der Waals surface area contributed by atoms with Gasteiger partial charge in [-0.2, -0.15) is 0 Å². The van der Waals surface area contributed by atoms with E-state index in [2.05, 4.69) is 36.5 Å². The van der Waals surface area contributed by atoms with Crippen molar-refractivity contribution in [1.29, 1.82) is 0 Å². The molecule has 0 unspecified atom stereocenters. The average Bonchev–Trinajstić information content (AvgIpc) is 2.66. The number of allylic oxidation sites excluding steroid dienone is 1. The van der Waals surface area contributed by atoms with Crippen molar-refractivity contribution in [2.45, 2.75) is 6.92 Å². The zero-order valence-corrected chi connectivity index (χ0v) is 16.6. The Morgan fingerprint density at radius 3 is 2.85 bits per heavy atom. The molecule has 1 aromatic heterocycles. The summed E-state index contributed by atoms with van der Waals surface area (Å²) in [6.45, 7) is 1.84. The van der Waals surface area contributed by atoms with Crippen LogP contribution in [-0.2, 0) is 4.79 Å². The Balaban J connectivity index is 2.03. The van der Waals surface area contributed by atoms with Gasteiger partial charge < -0.3 is 10.6 Å². The van der Waals surface area contributed by atoms with Crippen LogP contribution in [0.5, 0.6) is 0 Å². The first-order valence-corrected chi connectivity index (χ1v) is 9.50. The minimum atomic E-state index is -0.562. The summed E-state index contributed by atoms with van der Waals surface area (Å²) in [6, 6.07) is 8.23. The summed E-state index contributed by atoms with van der Waals surface area (Å²) in [7, 11) is 0. The first-order chi connectivity index (χ1) is 13.0. The van der Waals surface area contributed by atoms with Crippen LogP contribution in [0.2, 0.25) is 5.02 Å². The van der Waals surface area contributed by atoms with Crippen LogP contribution in [0.1, 0.15) is 5.56 Å². The molecule has 27 heavy (non-hydrogen) atoms. The van der Waals surface area contributed by atoms with Gasteiger partial charge in [-0.25, -0.2) is 14.4 Å². The molecule has 0 fully saturated rings. The Kier molecular flexibility index (Phi) is 6.03. The number of aromatic nitrogens is 2. The number of hydrogen-bond donors (Lipinski definition) is 2. The molecule has 0 radical (unpaired) electrons. The molecule has 3 aromatic rings. The highest BCUT2D eigenvalue weighted by Gasteiger charge is 2.14. The second-order valence-corrected chi connectivity index (χ2v) is 6.68. The molecule has 2 N–H and O–H groups in total. The van der Waals surface area contributed by atoms with Crippen LogP contribution < -0.4 is 10.6 Å². The highest BCUT2D eigenvalue weighted by Crippen LogP contribution is 2.32. The number of benzene rings is 2. The summed E-state index contributed by atoms with van der Waals surface area (Å²) in [5.74, 6) is -0.386. The molecule has 5 nitrogen and oxygen atoms in total. The van der Waals surface area contributed by atoms with Crippen molar-refractivity contribution < 1.29 is 9.18 Å². The Hall–Kier alpha value is -2.51. The molecule has 0 aliphatic heterocycles. The van der Waals surface area contributed by atoms with E-state index in [4.69, 9.17) is 11.6 Å². The fraction of sp³-hybridized carbons (Fsp3) is 0.105. The van der Waals surface area contributed by atoms with Crippen molar-refractivity contribution in [3.05, 3.63) is 65.2 Å². The van der Waals surface area contributed by atoms with Crippen molar-refractivity contribution in [3.8, 4) is 0 Å². The lowest BCUT2D eigenvalue weighted by molar-refractivity contribution is -0.111. The van der Waals surface area contributed by atoms with Crippen LogP contribution in [0.25, 0.3) is 10.9 Å². The quantitative estimate of drug-likeness (QED) is 0.406. The Bertz CT molecular complexity index is 1040. The topological polar surface area (TPSA) is 66.9 Å². The molecule has 3 rings (SSSR count). The van der Waals surface area contributed by atoms with Crippen LogP contribution in [0.15, 0.2) is 48.8 Å². The van der Waals surface area contributed by atoms with Crippen LogP contribution in [0.3, 0.4) is 0 Å². The lowest BCUT2D eigenvalue weighted by Gasteiger charge is -2.14. The number of rotatable bonds is 5. The summed E-state index contributed by atoms with van der Waals surface area (Å²) < 4.78 is 14.3. The summed E-state index contributed by atoms with van der Waals surface area (Å²) in [4.78, 5) is 20.5. The number of fused-ring (bicyclic) bond motifs is 1. The van der Waals surface area contributed by atoms with Gasteiger partial charge in [0.15, 0.2) is 5.82 Å². The van der Waals surface area contributed by atoms with Gasteiger partial charge in [-0.05, 0) is 36.8 Å². The number of nitrogens with zero attached hydrogens (tertiary/aromatic N) is 2. The van der Waals surface area contributed by atoms with Gasteiger partial charge in [-0.1, -0.05) is 39.7 Å². The van der Waals surface area contributed by atoms with E-state index < -0.39 is 5.82 Å².